The molecule has 0 spiro atoms. The lowest BCUT2D eigenvalue weighted by Gasteiger charge is -2.11. The van der Waals surface area contributed by atoms with Crippen molar-refractivity contribution in [2.45, 2.75) is 6.18 Å². The van der Waals surface area contributed by atoms with Crippen LogP contribution in [0, 0.1) is 0 Å². The highest BCUT2D eigenvalue weighted by Crippen LogP contribution is 2.30. The van der Waals surface area contributed by atoms with Crippen molar-refractivity contribution < 1.29 is 13.2 Å². The summed E-state index contributed by atoms with van der Waals surface area (Å²) < 4.78 is 38.6. The quantitative estimate of drug-likeness (QED) is 0.780. The molecule has 0 unspecified atom stereocenters. The van der Waals surface area contributed by atoms with Gasteiger partial charge in [-0.2, -0.15) is 13.2 Å². The van der Waals surface area contributed by atoms with Crippen molar-refractivity contribution in [1.29, 1.82) is 0 Å². The fraction of sp³-hybridized carbons (Fsp3) is 0.0714. The molecule has 0 radical (unpaired) electrons. The molecular formula is C14H9F3N4. The van der Waals surface area contributed by atoms with Crippen LogP contribution in [0.25, 0.3) is 10.9 Å². The van der Waals surface area contributed by atoms with Crippen LogP contribution in [0.15, 0.2) is 48.8 Å². The first-order valence-corrected chi connectivity index (χ1v) is 6.05. The molecule has 0 fully saturated rings. The predicted molar refractivity (Wildman–Crippen MR) is 72.1 cm³/mol. The van der Waals surface area contributed by atoms with Crippen LogP contribution >= 0.6 is 0 Å². The van der Waals surface area contributed by atoms with Gasteiger partial charge in [-0.15, -0.1) is 0 Å². The topological polar surface area (TPSA) is 50.7 Å². The number of anilines is 2. The van der Waals surface area contributed by atoms with Crippen LogP contribution in [0.3, 0.4) is 0 Å². The number of nitrogens with one attached hydrogen (secondary N) is 1. The molecular weight excluding hydrogens is 281 g/mol. The van der Waals surface area contributed by atoms with Gasteiger partial charge in [0, 0.05) is 17.3 Å². The first-order chi connectivity index (χ1) is 10.0. The number of hydrogen-bond donors (Lipinski definition) is 1. The largest absolute Gasteiger partial charge is 0.451 e. The Morgan fingerprint density at radius 1 is 0.952 bits per heavy atom. The minimum absolute atomic E-state index is 0.0981. The Balaban J connectivity index is 2.15. The Labute approximate surface area is 117 Å². The van der Waals surface area contributed by atoms with Gasteiger partial charge in [0.25, 0.3) is 0 Å². The molecule has 4 nitrogen and oxygen atoms in total. The standard InChI is InChI=1S/C14H9F3N4/c15-14(16,17)13-20-11-8-18-7-6-10(11)12(21-13)19-9-4-2-1-3-5-9/h1-8H,(H,19,20,21). The number of fused-ring (bicyclic) bond motifs is 1. The molecule has 0 aliphatic rings. The maximum absolute atomic E-state index is 12.9. The van der Waals surface area contributed by atoms with Crippen molar-refractivity contribution in [2.75, 3.05) is 5.32 Å². The molecule has 3 aromatic rings. The van der Waals surface area contributed by atoms with Crippen LogP contribution in [0.1, 0.15) is 5.82 Å². The molecule has 2 heterocycles. The SMILES string of the molecule is FC(F)(F)c1nc(Nc2ccccc2)c2ccncc2n1. The average molecular weight is 290 g/mol. The van der Waals surface area contributed by atoms with Gasteiger partial charge in [0.2, 0.25) is 5.82 Å². The summed E-state index contributed by atoms with van der Waals surface area (Å²) in [4.78, 5) is 10.9. The highest BCUT2D eigenvalue weighted by atomic mass is 19.4. The summed E-state index contributed by atoms with van der Waals surface area (Å²) in [6.07, 6.45) is -1.85. The minimum Gasteiger partial charge on any atom is -0.340 e. The lowest BCUT2D eigenvalue weighted by molar-refractivity contribution is -0.144. The smallest absolute Gasteiger partial charge is 0.340 e. The van der Waals surface area contributed by atoms with E-state index in [1.807, 2.05) is 6.07 Å². The van der Waals surface area contributed by atoms with E-state index >= 15 is 0 Å². The monoisotopic (exact) mass is 290 g/mol. The number of benzene rings is 1. The van der Waals surface area contributed by atoms with Crippen LogP contribution < -0.4 is 5.32 Å². The zero-order chi connectivity index (χ0) is 14.9. The van der Waals surface area contributed by atoms with E-state index in [1.165, 1.54) is 12.4 Å². The molecule has 106 valence electrons. The molecule has 0 saturated carbocycles. The first-order valence-electron chi connectivity index (χ1n) is 6.05. The zero-order valence-corrected chi connectivity index (χ0v) is 10.6. The third-order valence-electron chi connectivity index (χ3n) is 2.79. The van der Waals surface area contributed by atoms with Crippen molar-refractivity contribution in [3.63, 3.8) is 0 Å². The fourth-order valence-corrected chi connectivity index (χ4v) is 1.86. The summed E-state index contributed by atoms with van der Waals surface area (Å²) in [5.41, 5.74) is 0.778. The molecule has 21 heavy (non-hydrogen) atoms. The summed E-state index contributed by atoms with van der Waals surface area (Å²) in [6.45, 7) is 0. The first kappa shape index (κ1) is 13.3. The molecule has 0 saturated heterocycles. The van der Waals surface area contributed by atoms with Gasteiger partial charge in [-0.1, -0.05) is 18.2 Å². The van der Waals surface area contributed by atoms with Crippen molar-refractivity contribution in [2.24, 2.45) is 0 Å². The third kappa shape index (κ3) is 2.76. The number of halogens is 3. The molecule has 0 atom stereocenters. The number of nitrogens with zero attached hydrogens (tertiary/aromatic N) is 3. The second-order valence-electron chi connectivity index (χ2n) is 4.28. The van der Waals surface area contributed by atoms with E-state index in [2.05, 4.69) is 20.3 Å². The Kier molecular flexibility index (Phi) is 3.17. The summed E-state index contributed by atoms with van der Waals surface area (Å²) in [7, 11) is 0. The molecule has 0 bridgehead atoms. The number of alkyl halides is 3. The predicted octanol–water partition coefficient (Wildman–Crippen LogP) is 3.79. The van der Waals surface area contributed by atoms with Crippen molar-refractivity contribution in [3.8, 4) is 0 Å². The average Bonchev–Trinajstić information content (AvgIpc) is 2.47. The summed E-state index contributed by atoms with van der Waals surface area (Å²) in [6, 6.07) is 10.4. The van der Waals surface area contributed by atoms with E-state index in [1.54, 1.807) is 30.3 Å². The minimum atomic E-state index is -4.61. The number of hydrogen-bond acceptors (Lipinski definition) is 4. The van der Waals surface area contributed by atoms with Gasteiger partial charge in [-0.25, -0.2) is 9.97 Å². The van der Waals surface area contributed by atoms with Crippen LogP contribution in [-0.4, -0.2) is 15.0 Å². The lowest BCUT2D eigenvalue weighted by Crippen LogP contribution is -2.12. The van der Waals surface area contributed by atoms with Crippen molar-refractivity contribution >= 4 is 22.4 Å². The maximum atomic E-state index is 12.9. The van der Waals surface area contributed by atoms with Crippen LogP contribution in [0.2, 0.25) is 0 Å². The van der Waals surface area contributed by atoms with Crippen LogP contribution in [0.4, 0.5) is 24.7 Å². The number of aromatic nitrogens is 3. The maximum Gasteiger partial charge on any atom is 0.451 e. The molecule has 1 N–H and O–H groups in total. The second kappa shape index (κ2) is 5.01. The van der Waals surface area contributed by atoms with Gasteiger partial charge in [-0.3, -0.25) is 4.98 Å². The van der Waals surface area contributed by atoms with E-state index in [9.17, 15) is 13.2 Å². The van der Waals surface area contributed by atoms with Crippen molar-refractivity contribution in [3.05, 3.63) is 54.6 Å². The number of rotatable bonds is 2. The molecule has 3 rings (SSSR count). The molecule has 0 aliphatic heterocycles. The summed E-state index contributed by atoms with van der Waals surface area (Å²) >= 11 is 0. The van der Waals surface area contributed by atoms with E-state index < -0.39 is 12.0 Å². The Morgan fingerprint density at radius 3 is 2.43 bits per heavy atom. The zero-order valence-electron chi connectivity index (χ0n) is 10.6. The Hall–Kier alpha value is -2.70. The van der Waals surface area contributed by atoms with Gasteiger partial charge in [0.1, 0.15) is 5.82 Å². The van der Waals surface area contributed by atoms with Gasteiger partial charge < -0.3 is 5.32 Å². The lowest BCUT2D eigenvalue weighted by atomic mass is 10.2. The summed E-state index contributed by atoms with van der Waals surface area (Å²) in [5.74, 6) is -1.10. The van der Waals surface area contributed by atoms with E-state index in [4.69, 9.17) is 0 Å². The second-order valence-corrected chi connectivity index (χ2v) is 4.28. The molecule has 7 heteroatoms. The third-order valence-corrected chi connectivity index (χ3v) is 2.79. The molecule has 0 amide bonds. The Morgan fingerprint density at radius 2 is 1.71 bits per heavy atom. The van der Waals surface area contributed by atoms with E-state index in [0.717, 1.165) is 0 Å². The highest BCUT2D eigenvalue weighted by Gasteiger charge is 2.35. The highest BCUT2D eigenvalue weighted by molar-refractivity contribution is 5.90. The van der Waals surface area contributed by atoms with Crippen LogP contribution in [-0.2, 0) is 6.18 Å². The number of pyridine rings is 1. The molecule has 0 aliphatic carbocycles. The fourth-order valence-electron chi connectivity index (χ4n) is 1.86. The van der Waals surface area contributed by atoms with E-state index in [0.29, 0.717) is 11.1 Å². The normalized spacial score (nSPS) is 11.6. The van der Waals surface area contributed by atoms with Gasteiger partial charge in [0.15, 0.2) is 0 Å². The van der Waals surface area contributed by atoms with Gasteiger partial charge >= 0.3 is 6.18 Å². The van der Waals surface area contributed by atoms with Crippen LogP contribution in [0.5, 0.6) is 0 Å². The number of para-hydroxylation sites is 1. The Bertz CT molecular complexity index is 772. The van der Waals surface area contributed by atoms with E-state index in [-0.39, 0.29) is 11.3 Å². The summed E-state index contributed by atoms with van der Waals surface area (Å²) in [5, 5.41) is 3.35. The van der Waals surface area contributed by atoms with Gasteiger partial charge in [-0.05, 0) is 18.2 Å². The van der Waals surface area contributed by atoms with Gasteiger partial charge in [0.05, 0.1) is 11.7 Å². The van der Waals surface area contributed by atoms with Crippen molar-refractivity contribution in [1.82, 2.24) is 15.0 Å². The molecule has 2 aromatic heterocycles. The molecule has 1 aromatic carbocycles.